The molecule has 1 aliphatic rings. The molecule has 1 aliphatic heterocycles. The van der Waals surface area contributed by atoms with Crippen molar-refractivity contribution >= 4 is 6.16 Å². The van der Waals surface area contributed by atoms with E-state index in [9.17, 15) is 15.0 Å². The van der Waals surface area contributed by atoms with Gasteiger partial charge < -0.3 is 38.6 Å². The molecule has 282 valence electrons. The molecule has 0 bridgehead atoms. The number of aliphatic hydroxyl groups is 2. The number of hydrogen-bond acceptors (Lipinski definition) is 9. The lowest BCUT2D eigenvalue weighted by atomic mass is 9.98. The second-order valence-electron chi connectivity index (χ2n) is 13.2. The zero-order valence-electron chi connectivity index (χ0n) is 30.8. The van der Waals surface area contributed by atoms with Gasteiger partial charge >= 0.3 is 6.16 Å². The van der Waals surface area contributed by atoms with E-state index >= 15 is 0 Å². The van der Waals surface area contributed by atoms with Gasteiger partial charge in [-0.1, -0.05) is 129 Å². The first kappa shape index (κ1) is 44.5. The first-order chi connectivity index (χ1) is 23.5. The monoisotopic (exact) mass is 685 g/mol. The third-order valence-electron chi connectivity index (χ3n) is 9.00. The van der Waals surface area contributed by atoms with Crippen LogP contribution in [0, 0.1) is 0 Å². The molecule has 1 heterocycles. The Morgan fingerprint density at radius 2 is 1.29 bits per heavy atom. The molecule has 0 aromatic rings. The molecule has 9 heteroatoms. The van der Waals surface area contributed by atoms with Gasteiger partial charge in [0, 0.05) is 20.3 Å². The molecule has 2 N–H and O–H groups in total. The van der Waals surface area contributed by atoms with Crippen LogP contribution in [-0.2, 0) is 28.4 Å². The van der Waals surface area contributed by atoms with E-state index in [2.05, 4.69) is 32.6 Å². The molecule has 0 spiro atoms. The molecule has 9 nitrogen and oxygen atoms in total. The highest BCUT2D eigenvalue weighted by Gasteiger charge is 2.46. The molecule has 0 amide bonds. The molecular weight excluding hydrogens is 612 g/mol. The number of rotatable bonds is 32. The van der Waals surface area contributed by atoms with Crippen molar-refractivity contribution in [2.45, 2.75) is 185 Å². The topological polar surface area (TPSA) is 113 Å². The lowest BCUT2D eigenvalue weighted by Crippen LogP contribution is -2.60. The largest absolute Gasteiger partial charge is 0.508 e. The number of aliphatic hydroxyl groups excluding tert-OH is 2. The minimum Gasteiger partial charge on any atom is -0.431 e. The zero-order chi connectivity index (χ0) is 35.1. The highest BCUT2D eigenvalue weighted by Crippen LogP contribution is 2.26. The van der Waals surface area contributed by atoms with Crippen LogP contribution < -0.4 is 0 Å². The van der Waals surface area contributed by atoms with Crippen LogP contribution in [0.4, 0.5) is 4.79 Å². The van der Waals surface area contributed by atoms with Crippen LogP contribution in [0.2, 0.25) is 0 Å². The smallest absolute Gasteiger partial charge is 0.431 e. The SMILES string of the molecule is C=CCOC(=O)OC[C@H]1OC(O)[C@H](OCCCCCCCCCC/C=C\CCCCCC)[C@@H](OCC[C@@H](CCCCCCC)OC)[C@@H]1O. The molecule has 1 unspecified atom stereocenters. The number of hydrogen-bond donors (Lipinski definition) is 2. The summed E-state index contributed by atoms with van der Waals surface area (Å²) in [5.74, 6) is 0. The first-order valence-corrected chi connectivity index (χ1v) is 19.3. The maximum Gasteiger partial charge on any atom is 0.508 e. The van der Waals surface area contributed by atoms with E-state index in [1.165, 1.54) is 102 Å². The Labute approximate surface area is 293 Å². The van der Waals surface area contributed by atoms with E-state index in [1.807, 2.05) is 0 Å². The van der Waals surface area contributed by atoms with E-state index in [-0.39, 0.29) is 19.3 Å². The molecule has 1 fully saturated rings. The average molecular weight is 685 g/mol. The van der Waals surface area contributed by atoms with Crippen LogP contribution >= 0.6 is 0 Å². The standard InChI is InChI=1S/C39H72O9/c1-5-8-10-12-13-14-15-16-17-18-19-20-21-22-24-26-30-44-37-36(45-31-28-33(43-4)27-25-23-11-9-6-2)35(40)34(48-38(37)41)32-47-39(42)46-29-7-3/h7,14-15,33-38,40-41H,3,5-6,8-13,16-32H2,1-2,4H3/b15-14-/t33-,34-,35-,36+,37-,38?/m1/s1. The Kier molecular flexibility index (Phi) is 29.2. The van der Waals surface area contributed by atoms with Gasteiger partial charge in [0.05, 0.1) is 6.10 Å². The first-order valence-electron chi connectivity index (χ1n) is 19.3. The van der Waals surface area contributed by atoms with Crippen LogP contribution in [0.3, 0.4) is 0 Å². The molecule has 0 aromatic carbocycles. The van der Waals surface area contributed by atoms with Crippen molar-refractivity contribution in [1.82, 2.24) is 0 Å². The van der Waals surface area contributed by atoms with Crippen molar-refractivity contribution in [1.29, 1.82) is 0 Å². The van der Waals surface area contributed by atoms with Crippen LogP contribution in [0.25, 0.3) is 0 Å². The maximum atomic E-state index is 11.8. The third-order valence-corrected chi connectivity index (χ3v) is 9.00. The quantitative estimate of drug-likeness (QED) is 0.0407. The second-order valence-corrected chi connectivity index (χ2v) is 13.2. The Bertz CT molecular complexity index is 777. The number of allylic oxidation sites excluding steroid dienone is 2. The summed E-state index contributed by atoms with van der Waals surface area (Å²) in [6.45, 7) is 8.42. The molecular formula is C39H72O9. The molecule has 0 saturated carbocycles. The highest BCUT2D eigenvalue weighted by atomic mass is 16.7. The van der Waals surface area contributed by atoms with E-state index < -0.39 is 36.9 Å². The fourth-order valence-corrected chi connectivity index (χ4v) is 5.99. The van der Waals surface area contributed by atoms with Crippen molar-refractivity contribution in [2.75, 3.05) is 33.5 Å². The van der Waals surface area contributed by atoms with Gasteiger partial charge in [0.1, 0.15) is 37.6 Å². The zero-order valence-corrected chi connectivity index (χ0v) is 30.8. The molecule has 6 atom stereocenters. The predicted molar refractivity (Wildman–Crippen MR) is 192 cm³/mol. The summed E-state index contributed by atoms with van der Waals surface area (Å²) < 4.78 is 33.5. The van der Waals surface area contributed by atoms with Gasteiger partial charge in [0.25, 0.3) is 0 Å². The van der Waals surface area contributed by atoms with Gasteiger partial charge in [-0.05, 0) is 44.9 Å². The van der Waals surface area contributed by atoms with Crippen molar-refractivity contribution in [2.24, 2.45) is 0 Å². The molecule has 1 rings (SSSR count). The van der Waals surface area contributed by atoms with Crippen LogP contribution in [-0.4, -0.2) is 86.7 Å². The van der Waals surface area contributed by atoms with E-state index in [4.69, 9.17) is 28.4 Å². The lowest BCUT2D eigenvalue weighted by Gasteiger charge is -2.42. The minimum absolute atomic E-state index is 0.00757. The number of carbonyl (C=O) groups excluding carboxylic acids is 1. The van der Waals surface area contributed by atoms with E-state index in [0.29, 0.717) is 19.6 Å². The average Bonchev–Trinajstić information content (AvgIpc) is 3.09. The van der Waals surface area contributed by atoms with Crippen LogP contribution in [0.1, 0.15) is 149 Å². The molecule has 0 aliphatic carbocycles. The fourth-order valence-electron chi connectivity index (χ4n) is 5.99. The summed E-state index contributed by atoms with van der Waals surface area (Å²) >= 11 is 0. The summed E-state index contributed by atoms with van der Waals surface area (Å²) in [4.78, 5) is 11.8. The van der Waals surface area contributed by atoms with Crippen molar-refractivity contribution < 1.29 is 43.4 Å². The Morgan fingerprint density at radius 1 is 0.729 bits per heavy atom. The maximum absolute atomic E-state index is 11.8. The van der Waals surface area contributed by atoms with Gasteiger partial charge in [-0.2, -0.15) is 0 Å². The molecule has 0 radical (unpaired) electrons. The van der Waals surface area contributed by atoms with Gasteiger partial charge in [0.2, 0.25) is 0 Å². The normalized spacial score (nSPS) is 21.8. The van der Waals surface area contributed by atoms with Crippen molar-refractivity contribution in [3.05, 3.63) is 24.8 Å². The van der Waals surface area contributed by atoms with Gasteiger partial charge in [0.15, 0.2) is 6.29 Å². The van der Waals surface area contributed by atoms with Gasteiger partial charge in [-0.15, -0.1) is 0 Å². The van der Waals surface area contributed by atoms with Crippen LogP contribution in [0.15, 0.2) is 24.8 Å². The third kappa shape index (κ3) is 22.3. The molecule has 1 saturated heterocycles. The Balaban J connectivity index is 2.44. The number of carbonyl (C=O) groups is 1. The van der Waals surface area contributed by atoms with Crippen molar-refractivity contribution in [3.63, 3.8) is 0 Å². The van der Waals surface area contributed by atoms with Gasteiger partial charge in [-0.25, -0.2) is 4.79 Å². The summed E-state index contributed by atoms with van der Waals surface area (Å²) in [7, 11) is 1.71. The van der Waals surface area contributed by atoms with Gasteiger partial charge in [-0.3, -0.25) is 0 Å². The number of ether oxygens (including phenoxy) is 6. The van der Waals surface area contributed by atoms with Crippen molar-refractivity contribution in [3.8, 4) is 0 Å². The second kappa shape index (κ2) is 31.5. The Morgan fingerprint density at radius 3 is 1.92 bits per heavy atom. The van der Waals surface area contributed by atoms with E-state index in [1.54, 1.807) is 7.11 Å². The number of unbranched alkanes of at least 4 members (excludes halogenated alkanes) is 16. The highest BCUT2D eigenvalue weighted by molar-refractivity contribution is 5.59. The predicted octanol–water partition coefficient (Wildman–Crippen LogP) is 8.98. The minimum atomic E-state index is -1.34. The fraction of sp³-hybridized carbons (Fsp3) is 0.872. The number of methoxy groups -OCH3 is 1. The lowest BCUT2D eigenvalue weighted by molar-refractivity contribution is -0.304. The summed E-state index contributed by atoms with van der Waals surface area (Å²) in [5.41, 5.74) is 0. The van der Waals surface area contributed by atoms with Crippen LogP contribution in [0.5, 0.6) is 0 Å². The molecule has 48 heavy (non-hydrogen) atoms. The summed E-state index contributed by atoms with van der Waals surface area (Å²) in [6, 6.07) is 0. The Hall–Kier alpha value is -1.49. The summed E-state index contributed by atoms with van der Waals surface area (Å²) in [6.07, 6.45) is 24.7. The molecule has 0 aromatic heterocycles. The summed E-state index contributed by atoms with van der Waals surface area (Å²) in [5, 5.41) is 22.0. The van der Waals surface area contributed by atoms with E-state index in [0.717, 1.165) is 32.1 Å².